The lowest BCUT2D eigenvalue weighted by atomic mass is 10.4. The van der Waals surface area contributed by atoms with Crippen molar-refractivity contribution in [3.8, 4) is 0 Å². The summed E-state index contributed by atoms with van der Waals surface area (Å²) in [5.41, 5.74) is 6.85. The zero-order valence-corrected chi connectivity index (χ0v) is 9.49. The third kappa shape index (κ3) is 4.33. The zero-order valence-electron chi connectivity index (χ0n) is 9.49. The van der Waals surface area contributed by atoms with Crippen molar-refractivity contribution in [1.82, 2.24) is 9.97 Å². The van der Waals surface area contributed by atoms with Gasteiger partial charge in [-0.2, -0.15) is 0 Å². The molecule has 1 rings (SSSR count). The molecule has 0 fully saturated rings. The maximum atomic E-state index is 11.4. The molecule has 16 heavy (non-hydrogen) atoms. The van der Waals surface area contributed by atoms with Gasteiger partial charge in [0.05, 0.1) is 6.61 Å². The molecule has 0 aliphatic heterocycles. The number of carbonyl (C=O) groups excluding carboxylic acids is 1. The summed E-state index contributed by atoms with van der Waals surface area (Å²) >= 11 is 0. The highest BCUT2D eigenvalue weighted by molar-refractivity contribution is 5.89. The Morgan fingerprint density at radius 2 is 2.06 bits per heavy atom. The average molecular weight is 224 g/mol. The quantitative estimate of drug-likeness (QED) is 0.687. The molecule has 0 saturated carbocycles. The Morgan fingerprint density at radius 3 is 2.62 bits per heavy atom. The van der Waals surface area contributed by atoms with Crippen LogP contribution >= 0.6 is 0 Å². The van der Waals surface area contributed by atoms with Crippen molar-refractivity contribution in [2.45, 2.75) is 13.8 Å². The summed E-state index contributed by atoms with van der Waals surface area (Å²) in [4.78, 5) is 19.5. The van der Waals surface area contributed by atoms with Crippen molar-refractivity contribution < 1.29 is 9.53 Å². The molecule has 88 valence electrons. The van der Waals surface area contributed by atoms with Crippen LogP contribution < -0.4 is 11.1 Å². The molecule has 0 bridgehead atoms. The molecule has 0 aromatic carbocycles. The Bertz CT molecular complexity index is 348. The SMILES string of the molecule is Cc1cc(C)nc(NC(=O)COCCN)n1. The number of anilines is 1. The number of aryl methyl sites for hydroxylation is 2. The molecule has 0 atom stereocenters. The van der Waals surface area contributed by atoms with Crippen molar-refractivity contribution in [2.75, 3.05) is 25.1 Å². The van der Waals surface area contributed by atoms with E-state index in [1.165, 1.54) is 0 Å². The molecule has 1 aromatic rings. The van der Waals surface area contributed by atoms with E-state index in [0.717, 1.165) is 11.4 Å². The molecule has 0 unspecified atom stereocenters. The predicted octanol–water partition coefficient (Wildman–Crippen LogP) is 0.00724. The molecule has 0 spiro atoms. The summed E-state index contributed by atoms with van der Waals surface area (Å²) in [6, 6.07) is 1.83. The molecule has 0 saturated heterocycles. The lowest BCUT2D eigenvalue weighted by Gasteiger charge is -2.05. The maximum Gasteiger partial charge on any atom is 0.252 e. The van der Waals surface area contributed by atoms with E-state index in [1.807, 2.05) is 19.9 Å². The second-order valence-corrected chi connectivity index (χ2v) is 3.36. The van der Waals surface area contributed by atoms with Gasteiger partial charge in [0.25, 0.3) is 5.91 Å². The maximum absolute atomic E-state index is 11.4. The number of carbonyl (C=O) groups is 1. The summed E-state index contributed by atoms with van der Waals surface area (Å²) in [5, 5.41) is 2.56. The third-order valence-electron chi connectivity index (χ3n) is 1.73. The molecule has 6 nitrogen and oxygen atoms in total. The number of hydrogen-bond donors (Lipinski definition) is 2. The normalized spacial score (nSPS) is 10.2. The van der Waals surface area contributed by atoms with Gasteiger partial charge in [-0.25, -0.2) is 9.97 Å². The van der Waals surface area contributed by atoms with E-state index in [1.54, 1.807) is 0 Å². The molecule has 0 aliphatic rings. The highest BCUT2D eigenvalue weighted by Gasteiger charge is 2.05. The lowest BCUT2D eigenvalue weighted by Crippen LogP contribution is -2.22. The van der Waals surface area contributed by atoms with Crippen LogP contribution in [-0.2, 0) is 9.53 Å². The highest BCUT2D eigenvalue weighted by atomic mass is 16.5. The number of nitrogens with two attached hydrogens (primary N) is 1. The summed E-state index contributed by atoms with van der Waals surface area (Å²) in [6.07, 6.45) is 0. The minimum Gasteiger partial charge on any atom is -0.370 e. The minimum absolute atomic E-state index is 0.0342. The van der Waals surface area contributed by atoms with Crippen LogP contribution in [0.1, 0.15) is 11.4 Å². The number of amides is 1. The highest BCUT2D eigenvalue weighted by Crippen LogP contribution is 2.03. The molecule has 0 aliphatic carbocycles. The molecule has 1 heterocycles. The van der Waals surface area contributed by atoms with Crippen molar-refractivity contribution in [3.63, 3.8) is 0 Å². The Labute approximate surface area is 94.2 Å². The van der Waals surface area contributed by atoms with Crippen molar-refractivity contribution >= 4 is 11.9 Å². The largest absolute Gasteiger partial charge is 0.370 e. The molecular formula is C10H16N4O2. The third-order valence-corrected chi connectivity index (χ3v) is 1.73. The van der Waals surface area contributed by atoms with Crippen LogP contribution in [-0.4, -0.2) is 35.6 Å². The minimum atomic E-state index is -0.279. The fourth-order valence-corrected chi connectivity index (χ4v) is 1.19. The monoisotopic (exact) mass is 224 g/mol. The van der Waals surface area contributed by atoms with Crippen LogP contribution in [0.3, 0.4) is 0 Å². The molecule has 1 amide bonds. The van der Waals surface area contributed by atoms with E-state index < -0.39 is 0 Å². The zero-order chi connectivity index (χ0) is 12.0. The van der Waals surface area contributed by atoms with Gasteiger partial charge in [-0.15, -0.1) is 0 Å². The van der Waals surface area contributed by atoms with Gasteiger partial charge in [-0.05, 0) is 19.9 Å². The van der Waals surface area contributed by atoms with E-state index in [4.69, 9.17) is 10.5 Å². The Hall–Kier alpha value is -1.53. The molecule has 1 aromatic heterocycles. The topological polar surface area (TPSA) is 90.1 Å². The van der Waals surface area contributed by atoms with E-state index >= 15 is 0 Å². The first kappa shape index (κ1) is 12.5. The smallest absolute Gasteiger partial charge is 0.252 e. The average Bonchev–Trinajstić information content (AvgIpc) is 2.16. The van der Waals surface area contributed by atoms with Crippen molar-refractivity contribution in [1.29, 1.82) is 0 Å². The van der Waals surface area contributed by atoms with Crippen LogP contribution in [0.25, 0.3) is 0 Å². The number of rotatable bonds is 5. The van der Waals surface area contributed by atoms with E-state index in [0.29, 0.717) is 19.1 Å². The number of aromatic nitrogens is 2. The summed E-state index contributed by atoms with van der Waals surface area (Å²) < 4.78 is 4.98. The van der Waals surface area contributed by atoms with Crippen LogP contribution in [0, 0.1) is 13.8 Å². The first-order chi connectivity index (χ1) is 7.61. The van der Waals surface area contributed by atoms with E-state index in [9.17, 15) is 4.79 Å². The molecular weight excluding hydrogens is 208 g/mol. The van der Waals surface area contributed by atoms with Gasteiger partial charge >= 0.3 is 0 Å². The van der Waals surface area contributed by atoms with Crippen molar-refractivity contribution in [2.24, 2.45) is 5.73 Å². The molecule has 6 heteroatoms. The molecule has 0 radical (unpaired) electrons. The van der Waals surface area contributed by atoms with Crippen LogP contribution in [0.15, 0.2) is 6.07 Å². The van der Waals surface area contributed by atoms with Crippen LogP contribution in [0.4, 0.5) is 5.95 Å². The van der Waals surface area contributed by atoms with Gasteiger partial charge in [-0.3, -0.25) is 10.1 Å². The van der Waals surface area contributed by atoms with Crippen LogP contribution in [0.2, 0.25) is 0 Å². The number of nitrogens with zero attached hydrogens (tertiary/aromatic N) is 2. The van der Waals surface area contributed by atoms with Gasteiger partial charge in [-0.1, -0.05) is 0 Å². The standard InChI is InChI=1S/C10H16N4O2/c1-7-5-8(2)13-10(12-7)14-9(15)6-16-4-3-11/h5H,3-4,6,11H2,1-2H3,(H,12,13,14,15). The summed E-state index contributed by atoms with van der Waals surface area (Å²) in [7, 11) is 0. The Balaban J connectivity index is 2.49. The predicted molar refractivity (Wildman–Crippen MR) is 60.0 cm³/mol. The summed E-state index contributed by atoms with van der Waals surface area (Å²) in [6.45, 7) is 4.41. The number of hydrogen-bond acceptors (Lipinski definition) is 5. The summed E-state index contributed by atoms with van der Waals surface area (Å²) in [5.74, 6) is 0.0253. The second-order valence-electron chi connectivity index (χ2n) is 3.36. The fourth-order valence-electron chi connectivity index (χ4n) is 1.19. The van der Waals surface area contributed by atoms with Gasteiger partial charge < -0.3 is 10.5 Å². The van der Waals surface area contributed by atoms with E-state index in [-0.39, 0.29) is 12.5 Å². The molecule has 3 N–H and O–H groups in total. The van der Waals surface area contributed by atoms with Gasteiger partial charge in [0.2, 0.25) is 5.95 Å². The van der Waals surface area contributed by atoms with Crippen molar-refractivity contribution in [3.05, 3.63) is 17.5 Å². The van der Waals surface area contributed by atoms with E-state index in [2.05, 4.69) is 15.3 Å². The van der Waals surface area contributed by atoms with Gasteiger partial charge in [0, 0.05) is 17.9 Å². The lowest BCUT2D eigenvalue weighted by molar-refractivity contribution is -0.120. The van der Waals surface area contributed by atoms with Gasteiger partial charge in [0.1, 0.15) is 6.61 Å². The Morgan fingerprint density at radius 1 is 1.44 bits per heavy atom. The van der Waals surface area contributed by atoms with Crippen LogP contribution in [0.5, 0.6) is 0 Å². The second kappa shape index (κ2) is 6.14. The Kier molecular flexibility index (Phi) is 4.81. The number of ether oxygens (including phenoxy) is 1. The van der Waals surface area contributed by atoms with Gasteiger partial charge in [0.15, 0.2) is 0 Å². The first-order valence-electron chi connectivity index (χ1n) is 5.02. The first-order valence-corrected chi connectivity index (χ1v) is 5.02. The fraction of sp³-hybridized carbons (Fsp3) is 0.500. The number of nitrogens with one attached hydrogen (secondary N) is 1.